The van der Waals surface area contributed by atoms with E-state index in [4.69, 9.17) is 9.47 Å². The summed E-state index contributed by atoms with van der Waals surface area (Å²) in [5.74, 6) is 2.35. The summed E-state index contributed by atoms with van der Waals surface area (Å²) in [5, 5.41) is 4.46. The van der Waals surface area contributed by atoms with Gasteiger partial charge < -0.3 is 18.6 Å². The van der Waals surface area contributed by atoms with Crippen LogP contribution in [0, 0.1) is 27.7 Å². The average molecular weight is 756 g/mol. The van der Waals surface area contributed by atoms with Crippen molar-refractivity contribution in [2.24, 2.45) is 0 Å². The van der Waals surface area contributed by atoms with Crippen molar-refractivity contribution in [3.63, 3.8) is 0 Å². The molecule has 0 unspecified atom stereocenters. The van der Waals surface area contributed by atoms with Gasteiger partial charge in [-0.15, -0.1) is 0 Å². The Morgan fingerprint density at radius 1 is 0.421 bits per heavy atom. The second kappa shape index (κ2) is 12.4. The van der Waals surface area contributed by atoms with Crippen LogP contribution in [0.5, 0.6) is 23.0 Å². The minimum atomic E-state index is -3.44. The number of nitrogens with zero attached hydrogens (tertiary/aromatic N) is 1. The molecule has 0 atom stereocenters. The first-order chi connectivity index (χ1) is 27.8. The van der Waals surface area contributed by atoms with Crippen molar-refractivity contribution in [3.05, 3.63) is 180 Å². The number of hydrogen-bond acceptors (Lipinski definition) is 3. The molecule has 5 heteroatoms. The maximum atomic E-state index is 16.2. The summed E-state index contributed by atoms with van der Waals surface area (Å²) < 4.78 is 32.2. The van der Waals surface area contributed by atoms with Gasteiger partial charge >= 0.3 is 0 Å². The predicted octanol–water partition coefficient (Wildman–Crippen LogP) is 12.9. The van der Waals surface area contributed by atoms with E-state index in [-0.39, 0.29) is 0 Å². The Labute approximate surface area is 332 Å². The van der Waals surface area contributed by atoms with Crippen LogP contribution < -0.4 is 25.4 Å². The summed E-state index contributed by atoms with van der Waals surface area (Å²) in [4.78, 5) is 0. The van der Waals surface area contributed by atoms with E-state index >= 15 is 4.57 Å². The highest BCUT2D eigenvalue weighted by Crippen LogP contribution is 2.59. The van der Waals surface area contributed by atoms with Crippen LogP contribution in [0.25, 0.3) is 60.9 Å². The molecule has 0 amide bonds. The molecule has 9 aromatic rings. The van der Waals surface area contributed by atoms with Crippen LogP contribution in [0.2, 0.25) is 0 Å². The molecule has 0 N–H and O–H groups in total. The van der Waals surface area contributed by atoms with Gasteiger partial charge in [0, 0.05) is 16.5 Å². The Hall–Kier alpha value is -6.61. The van der Waals surface area contributed by atoms with Crippen LogP contribution in [-0.2, 0) is 4.57 Å². The van der Waals surface area contributed by atoms with Crippen molar-refractivity contribution in [1.29, 1.82) is 0 Å². The Morgan fingerprint density at radius 2 is 0.842 bits per heavy atom. The largest absolute Gasteiger partial charge is 0.456 e. The third kappa shape index (κ3) is 4.97. The molecule has 4 nitrogen and oxygen atoms in total. The standard InChI is InChI=1S/C52H38NO3P/c1-31-11-9-12-32(2)50(31)36-21-25-48-44(27-36)55-46-29-38(35-19-23-39(24-20-35)53-42-17-7-5-15-40(42)41-16-6-8-18-43(41)53)30-47-52(46)57(48,54)49-26-22-37(28-45(49)56-47)51-33(3)13-10-14-34(51)4/h5-30H,1-4H3. The smallest absolute Gasteiger partial charge is 0.185 e. The van der Waals surface area contributed by atoms with Gasteiger partial charge in [0.2, 0.25) is 0 Å². The lowest BCUT2D eigenvalue weighted by Gasteiger charge is -2.35. The maximum Gasteiger partial charge on any atom is 0.185 e. The Balaban J connectivity index is 1.09. The third-order valence-corrected chi connectivity index (χ3v) is 15.1. The van der Waals surface area contributed by atoms with Gasteiger partial charge in [-0.1, -0.05) is 97.1 Å². The van der Waals surface area contributed by atoms with Gasteiger partial charge in [-0.25, -0.2) is 0 Å². The number of hydrogen-bond donors (Lipinski definition) is 0. The fourth-order valence-electron chi connectivity index (χ4n) is 9.39. The zero-order chi connectivity index (χ0) is 38.6. The lowest BCUT2D eigenvalue weighted by Crippen LogP contribution is -2.35. The summed E-state index contributed by atoms with van der Waals surface area (Å²) in [5.41, 5.74) is 14.5. The molecule has 0 radical (unpaired) electrons. The molecular formula is C52H38NO3P. The molecule has 11 rings (SSSR count). The topological polar surface area (TPSA) is 40.5 Å². The Kier molecular flexibility index (Phi) is 7.36. The SMILES string of the molecule is Cc1cccc(C)c1-c1ccc2c(c1)Oc1cc(-c3ccc(-n4c5ccccc5c5ccccc54)cc3)cc3c1P2(=O)c1ccc(-c2c(C)cccc2C)cc1O3. The van der Waals surface area contributed by atoms with E-state index < -0.39 is 7.14 Å². The molecule has 0 bridgehead atoms. The van der Waals surface area contributed by atoms with Crippen LogP contribution >= 0.6 is 7.14 Å². The summed E-state index contributed by atoms with van der Waals surface area (Å²) in [7, 11) is -3.44. The van der Waals surface area contributed by atoms with E-state index in [0.29, 0.717) is 38.9 Å². The first kappa shape index (κ1) is 33.7. The van der Waals surface area contributed by atoms with E-state index in [0.717, 1.165) is 39.1 Å². The van der Waals surface area contributed by atoms with Gasteiger partial charge in [0.25, 0.3) is 0 Å². The number of benzene rings is 8. The highest BCUT2D eigenvalue weighted by atomic mass is 31.2. The number of ether oxygens (including phenoxy) is 2. The van der Waals surface area contributed by atoms with Crippen LogP contribution in [0.4, 0.5) is 0 Å². The zero-order valence-electron chi connectivity index (χ0n) is 32.1. The summed E-state index contributed by atoms with van der Waals surface area (Å²) in [6.45, 7) is 8.53. The molecule has 0 saturated carbocycles. The second-order valence-corrected chi connectivity index (χ2v) is 18.1. The molecule has 0 fully saturated rings. The molecule has 2 aliphatic heterocycles. The van der Waals surface area contributed by atoms with Crippen molar-refractivity contribution in [3.8, 4) is 62.1 Å². The van der Waals surface area contributed by atoms with Crippen LogP contribution in [0.15, 0.2) is 158 Å². The van der Waals surface area contributed by atoms with Gasteiger partial charge in [-0.3, -0.25) is 0 Å². The minimum absolute atomic E-state index is 0.563. The zero-order valence-corrected chi connectivity index (χ0v) is 33.0. The molecule has 274 valence electrons. The second-order valence-electron chi connectivity index (χ2n) is 15.4. The van der Waals surface area contributed by atoms with Crippen LogP contribution in [0.3, 0.4) is 0 Å². The first-order valence-electron chi connectivity index (χ1n) is 19.4. The van der Waals surface area contributed by atoms with E-state index in [1.165, 1.54) is 44.1 Å². The quantitative estimate of drug-likeness (QED) is 0.168. The molecule has 8 aromatic carbocycles. The third-order valence-electron chi connectivity index (χ3n) is 12.0. The van der Waals surface area contributed by atoms with Crippen molar-refractivity contribution < 1.29 is 14.0 Å². The molecule has 2 aliphatic rings. The molecule has 0 aliphatic carbocycles. The normalized spacial score (nSPS) is 13.4. The maximum absolute atomic E-state index is 16.2. The van der Waals surface area contributed by atoms with Gasteiger partial charge in [0.1, 0.15) is 28.3 Å². The molecule has 3 heterocycles. The van der Waals surface area contributed by atoms with Crippen molar-refractivity contribution in [2.45, 2.75) is 27.7 Å². The van der Waals surface area contributed by atoms with Crippen molar-refractivity contribution in [1.82, 2.24) is 4.57 Å². The van der Waals surface area contributed by atoms with E-state index in [1.807, 2.05) is 24.3 Å². The minimum Gasteiger partial charge on any atom is -0.456 e. The fourth-order valence-corrected chi connectivity index (χ4v) is 12.4. The number of fused-ring (bicyclic) bond motifs is 7. The van der Waals surface area contributed by atoms with Gasteiger partial charge in [0.05, 0.1) is 21.6 Å². The van der Waals surface area contributed by atoms with Gasteiger partial charge in [0.15, 0.2) is 7.14 Å². The van der Waals surface area contributed by atoms with E-state index in [9.17, 15) is 0 Å². The van der Waals surface area contributed by atoms with E-state index in [2.05, 4.69) is 166 Å². The summed E-state index contributed by atoms with van der Waals surface area (Å²) in [6, 6.07) is 54.9. The molecule has 57 heavy (non-hydrogen) atoms. The molecule has 0 saturated heterocycles. The fraction of sp³-hybridized carbons (Fsp3) is 0.0769. The summed E-state index contributed by atoms with van der Waals surface area (Å²) in [6.07, 6.45) is 0. The number of para-hydroxylation sites is 2. The Morgan fingerprint density at radius 3 is 1.32 bits per heavy atom. The molecule has 1 aromatic heterocycles. The summed E-state index contributed by atoms with van der Waals surface area (Å²) >= 11 is 0. The van der Waals surface area contributed by atoms with E-state index in [1.54, 1.807) is 0 Å². The van der Waals surface area contributed by atoms with Crippen molar-refractivity contribution >= 4 is 44.9 Å². The first-order valence-corrected chi connectivity index (χ1v) is 21.1. The molecule has 0 spiro atoms. The average Bonchev–Trinajstić information content (AvgIpc) is 3.55. The lowest BCUT2D eigenvalue weighted by molar-refractivity contribution is 0.462. The monoisotopic (exact) mass is 755 g/mol. The number of aromatic nitrogens is 1. The molecular weight excluding hydrogens is 718 g/mol. The lowest BCUT2D eigenvalue weighted by atomic mass is 9.95. The number of aryl methyl sites for hydroxylation is 4. The van der Waals surface area contributed by atoms with Crippen LogP contribution in [-0.4, -0.2) is 4.57 Å². The highest BCUT2D eigenvalue weighted by Gasteiger charge is 2.47. The predicted molar refractivity (Wildman–Crippen MR) is 236 cm³/mol. The number of rotatable bonds is 4. The van der Waals surface area contributed by atoms with Crippen LogP contribution in [0.1, 0.15) is 22.3 Å². The Bertz CT molecular complexity index is 2980. The highest BCUT2D eigenvalue weighted by molar-refractivity contribution is 7.86. The van der Waals surface area contributed by atoms with Gasteiger partial charge in [-0.05, 0) is 144 Å². The van der Waals surface area contributed by atoms with Gasteiger partial charge in [-0.2, -0.15) is 0 Å². The van der Waals surface area contributed by atoms with Crippen molar-refractivity contribution in [2.75, 3.05) is 0 Å².